The molecule has 4 heterocycles. The maximum absolute atomic E-state index is 13.0. The number of nitrogens with zero attached hydrogens (tertiary/aromatic N) is 8. The average Bonchev–Trinajstić information content (AvgIpc) is 3.65. The van der Waals surface area contributed by atoms with Gasteiger partial charge in [0.2, 0.25) is 5.95 Å². The first-order valence-corrected chi connectivity index (χ1v) is 15.0. The van der Waals surface area contributed by atoms with Gasteiger partial charge in [-0.2, -0.15) is 13.2 Å². The first kappa shape index (κ1) is 31.0. The van der Waals surface area contributed by atoms with E-state index < -0.39 is 12.8 Å². The number of rotatable bonds is 12. The van der Waals surface area contributed by atoms with E-state index in [1.54, 1.807) is 40.1 Å². The van der Waals surface area contributed by atoms with E-state index in [0.717, 1.165) is 44.5 Å². The number of aromatic nitrogens is 8. The van der Waals surface area contributed by atoms with E-state index in [1.165, 1.54) is 6.33 Å². The number of anilines is 2. The highest BCUT2D eigenvalue weighted by atomic mass is 35.5. The molecule has 1 aliphatic heterocycles. The van der Waals surface area contributed by atoms with Gasteiger partial charge in [0.25, 0.3) is 5.88 Å². The third-order valence-corrected chi connectivity index (χ3v) is 7.89. The Labute approximate surface area is 261 Å². The molecule has 0 unspecified atom stereocenters. The van der Waals surface area contributed by atoms with E-state index >= 15 is 0 Å². The van der Waals surface area contributed by atoms with Crippen molar-refractivity contribution in [2.45, 2.75) is 69.6 Å². The van der Waals surface area contributed by atoms with Crippen LogP contribution >= 0.6 is 11.6 Å². The molecule has 1 saturated heterocycles. The van der Waals surface area contributed by atoms with Crippen LogP contribution in [0, 0.1) is 0 Å². The zero-order chi connectivity index (χ0) is 31.4. The molecule has 0 spiro atoms. The molecule has 2 N–H and O–H groups in total. The molecule has 2 aliphatic rings. The minimum atomic E-state index is -4.51. The summed E-state index contributed by atoms with van der Waals surface area (Å²) in [6, 6.07) is 6.08. The van der Waals surface area contributed by atoms with Crippen LogP contribution in [0.5, 0.6) is 11.6 Å². The first-order valence-electron chi connectivity index (χ1n) is 14.6. The summed E-state index contributed by atoms with van der Waals surface area (Å²) in [5.41, 5.74) is 1.68. The highest BCUT2D eigenvalue weighted by molar-refractivity contribution is 6.32. The number of halogens is 4. The maximum atomic E-state index is 13.0. The second-order valence-electron chi connectivity index (χ2n) is 11.1. The van der Waals surface area contributed by atoms with Crippen LogP contribution < -0.4 is 20.1 Å². The van der Waals surface area contributed by atoms with Crippen LogP contribution in [-0.2, 0) is 11.3 Å². The average molecular weight is 649 g/mol. The molecule has 240 valence electrons. The number of nitrogens with one attached hydrogen (secondary N) is 2. The molecular formula is C28H32ClF3N10O3. The van der Waals surface area contributed by atoms with E-state index in [0.29, 0.717) is 35.0 Å². The van der Waals surface area contributed by atoms with Gasteiger partial charge in [-0.05, 0) is 60.7 Å². The van der Waals surface area contributed by atoms with Crippen LogP contribution in [0.15, 0.2) is 43.1 Å². The van der Waals surface area contributed by atoms with Crippen molar-refractivity contribution in [1.29, 1.82) is 0 Å². The highest BCUT2D eigenvalue weighted by Crippen LogP contribution is 2.37. The molecule has 1 saturated carbocycles. The fourth-order valence-electron chi connectivity index (χ4n) is 5.26. The number of hydrogen-bond acceptors (Lipinski definition) is 11. The van der Waals surface area contributed by atoms with Gasteiger partial charge in [-0.1, -0.05) is 17.7 Å². The summed E-state index contributed by atoms with van der Waals surface area (Å²) < 4.78 is 58.6. The van der Waals surface area contributed by atoms with Gasteiger partial charge in [-0.15, -0.1) is 10.2 Å². The molecule has 13 nitrogen and oxygen atoms in total. The van der Waals surface area contributed by atoms with Crippen molar-refractivity contribution < 1.29 is 27.4 Å². The van der Waals surface area contributed by atoms with Crippen LogP contribution in [0.1, 0.15) is 38.6 Å². The highest BCUT2D eigenvalue weighted by Gasteiger charge is 2.35. The number of ether oxygens (including phenoxy) is 3. The van der Waals surface area contributed by atoms with Gasteiger partial charge in [0, 0.05) is 43.3 Å². The van der Waals surface area contributed by atoms with Crippen molar-refractivity contribution in [3.05, 3.63) is 48.1 Å². The summed E-state index contributed by atoms with van der Waals surface area (Å²) >= 11 is 6.37. The number of alkyl halides is 3. The van der Waals surface area contributed by atoms with Crippen LogP contribution in [0.2, 0.25) is 5.02 Å². The summed E-state index contributed by atoms with van der Waals surface area (Å²) in [5.74, 6) is 0.469. The van der Waals surface area contributed by atoms with E-state index in [1.807, 2.05) is 13.0 Å². The Morgan fingerprint density at radius 2 is 1.89 bits per heavy atom. The Morgan fingerprint density at radius 3 is 2.60 bits per heavy atom. The van der Waals surface area contributed by atoms with Crippen molar-refractivity contribution >= 4 is 23.2 Å². The van der Waals surface area contributed by atoms with Gasteiger partial charge in [-0.25, -0.2) is 14.6 Å². The quantitative estimate of drug-likeness (QED) is 0.223. The largest absolute Gasteiger partial charge is 0.487 e. The fourth-order valence-corrected chi connectivity index (χ4v) is 5.42. The van der Waals surface area contributed by atoms with Crippen molar-refractivity contribution in [2.24, 2.45) is 0 Å². The molecule has 1 atom stereocenters. The van der Waals surface area contributed by atoms with Gasteiger partial charge in [0.05, 0.1) is 23.8 Å². The molecule has 0 bridgehead atoms. The lowest BCUT2D eigenvalue weighted by Crippen LogP contribution is -2.48. The zero-order valence-electron chi connectivity index (χ0n) is 24.3. The Kier molecular flexibility index (Phi) is 9.32. The molecule has 1 aromatic carbocycles. The normalized spacial score (nSPS) is 19.6. The predicted octanol–water partition coefficient (Wildman–Crippen LogP) is 4.60. The van der Waals surface area contributed by atoms with E-state index in [9.17, 15) is 13.2 Å². The Balaban J connectivity index is 1.11. The summed E-state index contributed by atoms with van der Waals surface area (Å²) in [5, 5.41) is 22.4. The van der Waals surface area contributed by atoms with Crippen LogP contribution in [0.3, 0.4) is 0 Å². The standard InChI is InChI=1S/C28H32ClF3N10O3/c1-17(13-41-16-35-39-40-41)45-25-8-18(2-3-23(25)29)19-11-33-27(34-12-19)37-24-14-42(38-26(24)44-15-28(30,31)32)22-9-21(10-22)36-20-4-6-43-7-5-20/h2-3,8,11-12,14,16-17,20-22,36H,4-7,9-10,13,15H2,1H3,(H,33,34,37)/t17-,21?,22?/m0/s1. The number of hydrogen-bond donors (Lipinski definition) is 2. The molecular weight excluding hydrogens is 617 g/mol. The fraction of sp³-hybridized carbons (Fsp3) is 0.500. The first-order chi connectivity index (χ1) is 21.7. The van der Waals surface area contributed by atoms with Crippen LogP contribution in [-0.4, -0.2) is 84.1 Å². The Hall–Kier alpha value is -4.02. The van der Waals surface area contributed by atoms with E-state index in [2.05, 4.69) is 41.2 Å². The minimum Gasteiger partial charge on any atom is -0.487 e. The van der Waals surface area contributed by atoms with E-state index in [4.69, 9.17) is 25.8 Å². The second-order valence-corrected chi connectivity index (χ2v) is 11.5. The molecule has 0 amide bonds. The molecule has 4 aromatic rings. The van der Waals surface area contributed by atoms with Gasteiger partial charge < -0.3 is 24.8 Å². The monoisotopic (exact) mass is 648 g/mol. The Morgan fingerprint density at radius 1 is 1.11 bits per heavy atom. The molecule has 1 aliphatic carbocycles. The third-order valence-electron chi connectivity index (χ3n) is 7.58. The summed E-state index contributed by atoms with van der Waals surface area (Å²) in [6.45, 7) is 2.34. The number of benzene rings is 1. The van der Waals surface area contributed by atoms with Crippen LogP contribution in [0.25, 0.3) is 11.1 Å². The molecule has 45 heavy (non-hydrogen) atoms. The third kappa shape index (κ3) is 8.18. The van der Waals surface area contributed by atoms with Gasteiger partial charge in [-0.3, -0.25) is 4.68 Å². The summed E-state index contributed by atoms with van der Waals surface area (Å²) in [7, 11) is 0. The summed E-state index contributed by atoms with van der Waals surface area (Å²) in [4.78, 5) is 8.74. The minimum absolute atomic E-state index is 0.0336. The predicted molar refractivity (Wildman–Crippen MR) is 156 cm³/mol. The molecule has 17 heteroatoms. The van der Waals surface area contributed by atoms with Crippen molar-refractivity contribution in [3.63, 3.8) is 0 Å². The van der Waals surface area contributed by atoms with Crippen molar-refractivity contribution in [1.82, 2.24) is 45.3 Å². The SMILES string of the molecule is C[C@@H](Cn1cnnn1)Oc1cc(-c2cnc(Nc3cn(C4CC(NC5CCOCC5)C4)nc3OCC(F)(F)F)nc2)ccc1Cl. The lowest BCUT2D eigenvalue weighted by molar-refractivity contribution is -0.154. The van der Waals surface area contributed by atoms with Gasteiger partial charge >= 0.3 is 6.18 Å². The summed E-state index contributed by atoms with van der Waals surface area (Å²) in [6.07, 6.45) is 5.10. The van der Waals surface area contributed by atoms with Crippen molar-refractivity contribution in [3.8, 4) is 22.8 Å². The lowest BCUT2D eigenvalue weighted by Gasteiger charge is -2.39. The maximum Gasteiger partial charge on any atom is 0.422 e. The smallest absolute Gasteiger partial charge is 0.422 e. The molecule has 3 aromatic heterocycles. The van der Waals surface area contributed by atoms with Crippen molar-refractivity contribution in [2.75, 3.05) is 25.1 Å². The zero-order valence-corrected chi connectivity index (χ0v) is 25.1. The topological polar surface area (TPSA) is 139 Å². The molecule has 0 radical (unpaired) electrons. The second kappa shape index (κ2) is 13.5. The number of tetrazole rings is 1. The van der Waals surface area contributed by atoms with Gasteiger partial charge in [0.15, 0.2) is 6.61 Å². The molecule has 6 rings (SSSR count). The Bertz CT molecular complexity index is 1540. The molecule has 2 fully saturated rings. The van der Waals surface area contributed by atoms with Crippen LogP contribution in [0.4, 0.5) is 24.8 Å². The van der Waals surface area contributed by atoms with Gasteiger partial charge in [0.1, 0.15) is 23.9 Å². The lowest BCUT2D eigenvalue weighted by atomic mass is 9.86. The van der Waals surface area contributed by atoms with E-state index in [-0.39, 0.29) is 29.7 Å².